The highest BCUT2D eigenvalue weighted by Gasteiger charge is 2.23. The standard InChI is InChI=1S/C13H15NO/c1-2-5-13(15)14-12-9-8-10-6-3-4-7-11(10)12/h3-4,6-7,12H,2,5,8H2,1H3,(H,14,15). The molecule has 0 spiro atoms. The van der Waals surface area contributed by atoms with E-state index in [0.717, 1.165) is 12.8 Å². The van der Waals surface area contributed by atoms with E-state index in [0.29, 0.717) is 6.42 Å². The van der Waals surface area contributed by atoms with Crippen molar-refractivity contribution in [3.05, 3.63) is 41.8 Å². The van der Waals surface area contributed by atoms with Gasteiger partial charge in [0.15, 0.2) is 0 Å². The van der Waals surface area contributed by atoms with Crippen molar-refractivity contribution in [2.75, 3.05) is 0 Å². The van der Waals surface area contributed by atoms with Crippen molar-refractivity contribution in [2.45, 2.75) is 32.2 Å². The van der Waals surface area contributed by atoms with Crippen molar-refractivity contribution in [3.63, 3.8) is 0 Å². The topological polar surface area (TPSA) is 29.1 Å². The molecule has 0 bridgehead atoms. The van der Waals surface area contributed by atoms with E-state index in [-0.39, 0.29) is 11.9 Å². The maximum absolute atomic E-state index is 11.5. The molecule has 0 saturated heterocycles. The first-order valence-electron chi connectivity index (χ1n) is 5.42. The van der Waals surface area contributed by atoms with Crippen LogP contribution in [0.3, 0.4) is 0 Å². The molecule has 1 N–H and O–H groups in total. The maximum atomic E-state index is 11.5. The lowest BCUT2D eigenvalue weighted by molar-refractivity contribution is -0.121. The van der Waals surface area contributed by atoms with Gasteiger partial charge in [-0.3, -0.25) is 4.79 Å². The molecule has 1 aromatic rings. The summed E-state index contributed by atoms with van der Waals surface area (Å²) < 4.78 is 0. The fourth-order valence-electron chi connectivity index (χ4n) is 1.89. The van der Waals surface area contributed by atoms with Gasteiger partial charge < -0.3 is 5.32 Å². The molecular formula is C13H15NO. The summed E-state index contributed by atoms with van der Waals surface area (Å²) >= 11 is 0. The Balaban J connectivity index is 2.04. The Labute approximate surface area is 90.7 Å². The molecular weight excluding hydrogens is 186 g/mol. The minimum absolute atomic E-state index is 0.000231. The zero-order valence-electron chi connectivity index (χ0n) is 8.92. The molecule has 0 heterocycles. The van der Waals surface area contributed by atoms with E-state index in [9.17, 15) is 4.79 Å². The van der Waals surface area contributed by atoms with Gasteiger partial charge in [-0.25, -0.2) is 0 Å². The first-order valence-corrected chi connectivity index (χ1v) is 5.42. The van der Waals surface area contributed by atoms with E-state index >= 15 is 0 Å². The Kier molecular flexibility index (Phi) is 3.05. The molecule has 2 heteroatoms. The van der Waals surface area contributed by atoms with Crippen LogP contribution in [-0.2, 0) is 11.2 Å². The molecule has 1 unspecified atom stereocenters. The van der Waals surface area contributed by atoms with Gasteiger partial charge in [0.05, 0.1) is 6.04 Å². The number of nitrogens with one attached hydrogen (secondary N) is 1. The summed E-state index contributed by atoms with van der Waals surface area (Å²) in [6.07, 6.45) is 5.61. The Morgan fingerprint density at radius 2 is 2.33 bits per heavy atom. The molecule has 1 amide bonds. The van der Waals surface area contributed by atoms with Crippen molar-refractivity contribution in [1.82, 2.24) is 5.32 Å². The third-order valence-electron chi connectivity index (χ3n) is 2.65. The molecule has 78 valence electrons. The lowest BCUT2D eigenvalue weighted by Crippen LogP contribution is -2.26. The summed E-state index contributed by atoms with van der Waals surface area (Å²) in [4.78, 5) is 11.5. The van der Waals surface area contributed by atoms with Gasteiger partial charge in [-0.2, -0.15) is 0 Å². The van der Waals surface area contributed by atoms with Crippen molar-refractivity contribution in [3.8, 4) is 0 Å². The zero-order valence-corrected chi connectivity index (χ0v) is 8.92. The fourth-order valence-corrected chi connectivity index (χ4v) is 1.89. The second-order valence-corrected chi connectivity index (χ2v) is 3.83. The number of benzene rings is 1. The molecule has 1 aliphatic carbocycles. The van der Waals surface area contributed by atoms with Gasteiger partial charge in [0.2, 0.25) is 5.91 Å². The Hall–Kier alpha value is -1.31. The van der Waals surface area contributed by atoms with Gasteiger partial charge in [0, 0.05) is 12.8 Å². The van der Waals surface area contributed by atoms with Crippen LogP contribution in [0.15, 0.2) is 24.3 Å². The first-order chi connectivity index (χ1) is 7.31. The zero-order chi connectivity index (χ0) is 10.7. The lowest BCUT2D eigenvalue weighted by Gasteiger charge is -2.13. The lowest BCUT2D eigenvalue weighted by atomic mass is 10.1. The molecule has 2 radical (unpaired) electrons. The fraction of sp³-hybridized carbons (Fsp3) is 0.385. The highest BCUT2D eigenvalue weighted by molar-refractivity contribution is 5.76. The number of hydrogen-bond donors (Lipinski definition) is 1. The molecule has 0 saturated carbocycles. The molecule has 0 fully saturated rings. The molecule has 1 atom stereocenters. The third kappa shape index (κ3) is 2.20. The van der Waals surface area contributed by atoms with Crippen molar-refractivity contribution < 1.29 is 4.79 Å². The molecule has 1 aromatic carbocycles. The van der Waals surface area contributed by atoms with Crippen LogP contribution in [0.1, 0.15) is 36.9 Å². The maximum Gasteiger partial charge on any atom is 0.220 e. The molecule has 2 nitrogen and oxygen atoms in total. The normalized spacial score (nSPS) is 18.6. The summed E-state index contributed by atoms with van der Waals surface area (Å²) in [6.45, 7) is 2.01. The minimum atomic E-state index is 0.000231. The van der Waals surface area contributed by atoms with Crippen LogP contribution in [0.4, 0.5) is 0 Å². The van der Waals surface area contributed by atoms with E-state index in [1.807, 2.05) is 19.1 Å². The monoisotopic (exact) mass is 201 g/mol. The number of amides is 1. The number of hydrogen-bond acceptors (Lipinski definition) is 1. The largest absolute Gasteiger partial charge is 0.349 e. The summed E-state index contributed by atoms with van der Waals surface area (Å²) in [7, 11) is 0. The van der Waals surface area contributed by atoms with E-state index < -0.39 is 0 Å². The molecule has 15 heavy (non-hydrogen) atoms. The number of fused-ring (bicyclic) bond motifs is 1. The first kappa shape index (κ1) is 10.2. The predicted octanol–water partition coefficient (Wildman–Crippen LogP) is 2.28. The number of rotatable bonds is 3. The van der Waals surface area contributed by atoms with E-state index in [1.54, 1.807) is 0 Å². The Morgan fingerprint density at radius 1 is 1.53 bits per heavy atom. The molecule has 0 aliphatic heterocycles. The van der Waals surface area contributed by atoms with Crippen LogP contribution in [0, 0.1) is 6.42 Å². The second-order valence-electron chi connectivity index (χ2n) is 3.83. The molecule has 2 rings (SSSR count). The van der Waals surface area contributed by atoms with E-state index in [2.05, 4.69) is 23.9 Å². The van der Waals surface area contributed by atoms with Crippen molar-refractivity contribution >= 4 is 5.91 Å². The summed E-state index contributed by atoms with van der Waals surface area (Å²) in [5.41, 5.74) is 2.47. The second kappa shape index (κ2) is 4.47. The van der Waals surface area contributed by atoms with E-state index in [4.69, 9.17) is 0 Å². The SMILES string of the molecule is CCCC(=O)NC1[C]Cc2ccccc21. The highest BCUT2D eigenvalue weighted by atomic mass is 16.1. The van der Waals surface area contributed by atoms with Crippen LogP contribution in [0.2, 0.25) is 0 Å². The van der Waals surface area contributed by atoms with Gasteiger partial charge in [0.25, 0.3) is 0 Å². The van der Waals surface area contributed by atoms with Gasteiger partial charge in [0.1, 0.15) is 0 Å². The van der Waals surface area contributed by atoms with Crippen LogP contribution >= 0.6 is 0 Å². The number of carbonyl (C=O) groups is 1. The van der Waals surface area contributed by atoms with Crippen LogP contribution in [-0.4, -0.2) is 5.91 Å². The smallest absolute Gasteiger partial charge is 0.220 e. The van der Waals surface area contributed by atoms with Crippen LogP contribution < -0.4 is 5.32 Å². The van der Waals surface area contributed by atoms with Crippen LogP contribution in [0.5, 0.6) is 0 Å². The molecule has 0 aromatic heterocycles. The minimum Gasteiger partial charge on any atom is -0.349 e. The highest BCUT2D eigenvalue weighted by Crippen LogP contribution is 2.29. The average molecular weight is 201 g/mol. The Morgan fingerprint density at radius 3 is 3.13 bits per heavy atom. The molecule has 1 aliphatic rings. The van der Waals surface area contributed by atoms with Crippen molar-refractivity contribution in [1.29, 1.82) is 0 Å². The summed E-state index contributed by atoms with van der Waals surface area (Å²) in [5, 5.41) is 2.99. The van der Waals surface area contributed by atoms with Gasteiger partial charge in [-0.1, -0.05) is 31.2 Å². The predicted molar refractivity (Wildman–Crippen MR) is 59.2 cm³/mol. The van der Waals surface area contributed by atoms with Crippen LogP contribution in [0.25, 0.3) is 0 Å². The van der Waals surface area contributed by atoms with Crippen molar-refractivity contribution in [2.24, 2.45) is 0 Å². The average Bonchev–Trinajstić information content (AvgIpc) is 2.62. The van der Waals surface area contributed by atoms with Gasteiger partial charge in [-0.05, 0) is 24.0 Å². The quantitative estimate of drug-likeness (QED) is 0.798. The third-order valence-corrected chi connectivity index (χ3v) is 2.65. The van der Waals surface area contributed by atoms with Gasteiger partial charge >= 0.3 is 0 Å². The summed E-state index contributed by atoms with van der Waals surface area (Å²) in [6, 6.07) is 8.18. The number of carbonyl (C=O) groups excluding carboxylic acids is 1. The van der Waals surface area contributed by atoms with E-state index in [1.165, 1.54) is 11.1 Å². The summed E-state index contributed by atoms with van der Waals surface area (Å²) in [5.74, 6) is 0.117. The Bertz CT molecular complexity index is 359. The van der Waals surface area contributed by atoms with Gasteiger partial charge in [-0.15, -0.1) is 0 Å².